The number of hydrogen-bond acceptors (Lipinski definition) is 5. The Kier molecular flexibility index (Phi) is 6.67. The van der Waals surface area contributed by atoms with Crippen molar-refractivity contribution in [3.05, 3.63) is 10.0 Å². The van der Waals surface area contributed by atoms with E-state index in [-0.39, 0.29) is 6.61 Å². The van der Waals surface area contributed by atoms with E-state index >= 15 is 0 Å². The lowest BCUT2D eigenvalue weighted by Crippen LogP contribution is -2.22. The van der Waals surface area contributed by atoms with Gasteiger partial charge in [-0.25, -0.2) is 0 Å². The lowest BCUT2D eigenvalue weighted by molar-refractivity contribution is -0.176. The zero-order chi connectivity index (χ0) is 14.3. The van der Waals surface area contributed by atoms with E-state index in [0.29, 0.717) is 10.9 Å². The van der Waals surface area contributed by atoms with Gasteiger partial charge in [0, 0.05) is 13.0 Å². The van der Waals surface area contributed by atoms with Crippen LogP contribution >= 0.6 is 11.3 Å². The molecule has 1 N–H and O–H groups in total. The molecule has 0 amide bonds. The van der Waals surface area contributed by atoms with Crippen molar-refractivity contribution in [2.45, 2.75) is 33.1 Å². The SMILES string of the molecule is CC(C)CNCCc1nnc(COCC(F)(F)F)s1. The van der Waals surface area contributed by atoms with E-state index in [4.69, 9.17) is 0 Å². The normalized spacial score (nSPS) is 12.3. The van der Waals surface area contributed by atoms with Crippen molar-refractivity contribution in [1.29, 1.82) is 0 Å². The molecule has 0 radical (unpaired) electrons. The Balaban J connectivity index is 2.21. The summed E-state index contributed by atoms with van der Waals surface area (Å²) in [5.41, 5.74) is 0. The van der Waals surface area contributed by atoms with Gasteiger partial charge in [-0.05, 0) is 12.5 Å². The van der Waals surface area contributed by atoms with Crippen LogP contribution in [0.5, 0.6) is 0 Å². The first kappa shape index (κ1) is 16.3. The van der Waals surface area contributed by atoms with Crippen molar-refractivity contribution in [1.82, 2.24) is 15.5 Å². The Bertz CT molecular complexity index is 368. The summed E-state index contributed by atoms with van der Waals surface area (Å²) in [6.07, 6.45) is -3.57. The predicted molar refractivity (Wildman–Crippen MR) is 67.0 cm³/mol. The monoisotopic (exact) mass is 297 g/mol. The molecule has 0 bridgehead atoms. The van der Waals surface area contributed by atoms with Crippen LogP contribution < -0.4 is 5.32 Å². The number of ether oxygens (including phenoxy) is 1. The number of hydrogen-bond donors (Lipinski definition) is 1. The van der Waals surface area contributed by atoms with E-state index in [1.54, 1.807) is 0 Å². The Labute approximate surface area is 114 Å². The van der Waals surface area contributed by atoms with Gasteiger partial charge in [0.25, 0.3) is 0 Å². The van der Waals surface area contributed by atoms with Gasteiger partial charge in [0.2, 0.25) is 0 Å². The highest BCUT2D eigenvalue weighted by molar-refractivity contribution is 7.11. The molecular formula is C11H18F3N3OS. The van der Waals surface area contributed by atoms with Crippen LogP contribution in [0.2, 0.25) is 0 Å². The van der Waals surface area contributed by atoms with Gasteiger partial charge in [-0.2, -0.15) is 13.2 Å². The molecule has 8 heteroatoms. The third-order valence-corrected chi connectivity index (χ3v) is 3.02. The van der Waals surface area contributed by atoms with Gasteiger partial charge in [0.05, 0.1) is 0 Å². The topological polar surface area (TPSA) is 47.0 Å². The highest BCUT2D eigenvalue weighted by Gasteiger charge is 2.27. The zero-order valence-corrected chi connectivity index (χ0v) is 11.8. The Morgan fingerprint density at radius 3 is 2.58 bits per heavy atom. The van der Waals surface area contributed by atoms with Gasteiger partial charge in [0.15, 0.2) is 0 Å². The molecule has 1 rings (SSSR count). The maximum atomic E-state index is 11.9. The molecule has 0 spiro atoms. The minimum Gasteiger partial charge on any atom is -0.365 e. The van der Waals surface area contributed by atoms with E-state index in [1.807, 2.05) is 0 Å². The second-order valence-electron chi connectivity index (χ2n) is 4.55. The molecule has 110 valence electrons. The molecule has 0 aromatic carbocycles. The van der Waals surface area contributed by atoms with Crippen molar-refractivity contribution in [2.75, 3.05) is 19.7 Å². The van der Waals surface area contributed by atoms with Gasteiger partial charge in [0.1, 0.15) is 23.2 Å². The van der Waals surface area contributed by atoms with Gasteiger partial charge in [-0.15, -0.1) is 10.2 Å². The third kappa shape index (κ3) is 8.12. The predicted octanol–water partition coefficient (Wildman–Crippen LogP) is 2.41. The quantitative estimate of drug-likeness (QED) is 0.749. The first-order chi connectivity index (χ1) is 8.87. The first-order valence-electron chi connectivity index (χ1n) is 6.03. The average Bonchev–Trinajstić information content (AvgIpc) is 2.70. The summed E-state index contributed by atoms with van der Waals surface area (Å²) < 4.78 is 40.1. The molecule has 1 aromatic rings. The van der Waals surface area contributed by atoms with E-state index in [0.717, 1.165) is 24.5 Å². The molecule has 0 fully saturated rings. The summed E-state index contributed by atoms with van der Waals surface area (Å²) in [6.45, 7) is 4.56. The van der Waals surface area contributed by atoms with Crippen LogP contribution in [0, 0.1) is 5.92 Å². The van der Waals surface area contributed by atoms with Crippen LogP contribution in [0.15, 0.2) is 0 Å². The summed E-state index contributed by atoms with van der Waals surface area (Å²) in [7, 11) is 0. The van der Waals surface area contributed by atoms with Crippen molar-refractivity contribution >= 4 is 11.3 Å². The summed E-state index contributed by atoms with van der Waals surface area (Å²) in [6, 6.07) is 0. The number of nitrogens with one attached hydrogen (secondary N) is 1. The molecule has 0 unspecified atom stereocenters. The Morgan fingerprint density at radius 1 is 1.26 bits per heavy atom. The maximum Gasteiger partial charge on any atom is 0.411 e. The van der Waals surface area contributed by atoms with Crippen molar-refractivity contribution in [3.63, 3.8) is 0 Å². The summed E-state index contributed by atoms with van der Waals surface area (Å²) in [5, 5.41) is 12.3. The fraction of sp³-hybridized carbons (Fsp3) is 0.818. The second kappa shape index (κ2) is 7.76. The maximum absolute atomic E-state index is 11.9. The van der Waals surface area contributed by atoms with Crippen LogP contribution in [0.3, 0.4) is 0 Å². The summed E-state index contributed by atoms with van der Waals surface area (Å²) in [4.78, 5) is 0. The molecule has 1 aromatic heterocycles. The number of nitrogens with zero attached hydrogens (tertiary/aromatic N) is 2. The van der Waals surface area contributed by atoms with Crippen molar-refractivity contribution < 1.29 is 17.9 Å². The minimum atomic E-state index is -4.30. The van der Waals surface area contributed by atoms with Crippen molar-refractivity contribution in [3.8, 4) is 0 Å². The van der Waals surface area contributed by atoms with Crippen LogP contribution in [0.1, 0.15) is 23.9 Å². The average molecular weight is 297 g/mol. The number of alkyl halides is 3. The molecule has 4 nitrogen and oxygen atoms in total. The standard InChI is InChI=1S/C11H18F3N3OS/c1-8(2)5-15-4-3-9-16-17-10(19-9)6-18-7-11(12,13)14/h8,15H,3-7H2,1-2H3. The van der Waals surface area contributed by atoms with E-state index in [2.05, 4.69) is 34.1 Å². The minimum absolute atomic E-state index is 0.142. The molecule has 0 aliphatic heterocycles. The summed E-state index contributed by atoms with van der Waals surface area (Å²) >= 11 is 1.29. The van der Waals surface area contributed by atoms with Crippen LogP contribution in [-0.4, -0.2) is 36.1 Å². The largest absolute Gasteiger partial charge is 0.411 e. The lowest BCUT2D eigenvalue weighted by Gasteiger charge is -2.05. The molecule has 0 atom stereocenters. The van der Waals surface area contributed by atoms with Crippen molar-refractivity contribution in [2.24, 2.45) is 5.92 Å². The second-order valence-corrected chi connectivity index (χ2v) is 5.69. The molecule has 0 saturated carbocycles. The first-order valence-corrected chi connectivity index (χ1v) is 6.85. The molecule has 1 heterocycles. The highest BCUT2D eigenvalue weighted by atomic mass is 32.1. The third-order valence-electron chi connectivity index (χ3n) is 2.07. The molecule has 0 saturated heterocycles. The van der Waals surface area contributed by atoms with Gasteiger partial charge in [-0.3, -0.25) is 0 Å². The van der Waals surface area contributed by atoms with Gasteiger partial charge >= 0.3 is 6.18 Å². The molecular weight excluding hydrogens is 279 g/mol. The van der Waals surface area contributed by atoms with E-state index in [1.165, 1.54) is 11.3 Å². The fourth-order valence-corrected chi connectivity index (χ4v) is 2.07. The van der Waals surface area contributed by atoms with Crippen LogP contribution in [-0.2, 0) is 17.8 Å². The molecule has 19 heavy (non-hydrogen) atoms. The van der Waals surface area contributed by atoms with Gasteiger partial charge in [-0.1, -0.05) is 25.2 Å². The number of aromatic nitrogens is 2. The Hall–Kier alpha value is -0.730. The van der Waals surface area contributed by atoms with Crippen LogP contribution in [0.4, 0.5) is 13.2 Å². The van der Waals surface area contributed by atoms with E-state index in [9.17, 15) is 13.2 Å². The molecule has 0 aliphatic carbocycles. The smallest absolute Gasteiger partial charge is 0.365 e. The van der Waals surface area contributed by atoms with Crippen LogP contribution in [0.25, 0.3) is 0 Å². The van der Waals surface area contributed by atoms with Gasteiger partial charge < -0.3 is 10.1 Å². The molecule has 0 aliphatic rings. The zero-order valence-electron chi connectivity index (χ0n) is 11.0. The fourth-order valence-electron chi connectivity index (χ4n) is 1.29. The number of halogens is 3. The van der Waals surface area contributed by atoms with E-state index < -0.39 is 12.8 Å². The lowest BCUT2D eigenvalue weighted by atomic mass is 10.2. The number of rotatable bonds is 8. The highest BCUT2D eigenvalue weighted by Crippen LogP contribution is 2.17. The Morgan fingerprint density at radius 2 is 1.95 bits per heavy atom. The summed E-state index contributed by atoms with van der Waals surface area (Å²) in [5.74, 6) is 0.584.